The van der Waals surface area contributed by atoms with Gasteiger partial charge < -0.3 is 10.0 Å². The van der Waals surface area contributed by atoms with Crippen LogP contribution >= 0.6 is 0 Å². The number of carboxylic acid groups (broad SMARTS) is 1. The van der Waals surface area contributed by atoms with Gasteiger partial charge in [-0.25, -0.2) is 4.39 Å². The van der Waals surface area contributed by atoms with Gasteiger partial charge >= 0.3 is 5.97 Å². The van der Waals surface area contributed by atoms with Crippen molar-refractivity contribution in [3.05, 3.63) is 42.2 Å². The first-order valence-corrected chi connectivity index (χ1v) is 6.42. The maximum absolute atomic E-state index is 13.7. The molecule has 1 amide bonds. The predicted molar refractivity (Wildman–Crippen MR) is 72.8 cm³/mol. The van der Waals surface area contributed by atoms with Gasteiger partial charge in [0.2, 0.25) is 5.91 Å². The fourth-order valence-corrected chi connectivity index (χ4v) is 2.45. The van der Waals surface area contributed by atoms with Crippen molar-refractivity contribution >= 4 is 17.6 Å². The van der Waals surface area contributed by atoms with Crippen molar-refractivity contribution in [2.75, 3.05) is 11.9 Å². The number of nitrogens with zero attached hydrogens (tertiary/aromatic N) is 1. The number of hydrogen-bond donors (Lipinski definition) is 1. The Bertz CT molecular complexity index is 556. The zero-order chi connectivity index (χ0) is 14.7. The molecule has 106 valence electrons. The van der Waals surface area contributed by atoms with Crippen molar-refractivity contribution < 1.29 is 19.1 Å². The molecule has 0 spiro atoms. The number of hydrogen-bond acceptors (Lipinski definition) is 2. The van der Waals surface area contributed by atoms with Gasteiger partial charge in [-0.2, -0.15) is 0 Å². The Morgan fingerprint density at radius 2 is 1.80 bits per heavy atom. The number of benzene rings is 1. The van der Waals surface area contributed by atoms with Crippen molar-refractivity contribution in [1.29, 1.82) is 0 Å². The van der Waals surface area contributed by atoms with E-state index in [0.717, 1.165) is 0 Å². The van der Waals surface area contributed by atoms with Gasteiger partial charge in [0.05, 0.1) is 17.5 Å². The molecule has 2 rings (SSSR count). The van der Waals surface area contributed by atoms with E-state index >= 15 is 0 Å². The van der Waals surface area contributed by atoms with E-state index in [9.17, 15) is 19.1 Å². The van der Waals surface area contributed by atoms with Gasteiger partial charge in [-0.15, -0.1) is 0 Å². The minimum Gasteiger partial charge on any atom is -0.481 e. The number of carbonyl (C=O) groups excluding carboxylic acids is 1. The lowest BCUT2D eigenvalue weighted by Gasteiger charge is -2.28. The summed E-state index contributed by atoms with van der Waals surface area (Å²) in [4.78, 5) is 24.8. The SMILES string of the molecule is CN(C(=O)C1CC=CCC1C(=O)O)c1ccccc1F. The number of halogens is 1. The molecule has 2 unspecified atom stereocenters. The summed E-state index contributed by atoms with van der Waals surface area (Å²) in [5, 5.41) is 9.19. The van der Waals surface area contributed by atoms with E-state index < -0.39 is 23.6 Å². The highest BCUT2D eigenvalue weighted by atomic mass is 19.1. The van der Waals surface area contributed by atoms with Crippen molar-refractivity contribution in [1.82, 2.24) is 0 Å². The van der Waals surface area contributed by atoms with E-state index in [1.807, 2.05) is 0 Å². The lowest BCUT2D eigenvalue weighted by Crippen LogP contribution is -2.40. The standard InChI is InChI=1S/C15H16FNO3/c1-17(13-9-5-4-8-12(13)16)14(18)10-6-2-3-7-11(10)15(19)20/h2-5,8-11H,6-7H2,1H3,(H,19,20). The first kappa shape index (κ1) is 14.2. The van der Waals surface area contributed by atoms with Crippen molar-refractivity contribution in [2.45, 2.75) is 12.8 Å². The zero-order valence-electron chi connectivity index (χ0n) is 11.1. The van der Waals surface area contributed by atoms with Gasteiger partial charge in [0, 0.05) is 7.05 Å². The Balaban J connectivity index is 2.24. The maximum Gasteiger partial charge on any atom is 0.307 e. The first-order valence-electron chi connectivity index (χ1n) is 6.42. The largest absolute Gasteiger partial charge is 0.481 e. The highest BCUT2D eigenvalue weighted by Crippen LogP contribution is 2.29. The molecule has 2 atom stereocenters. The lowest BCUT2D eigenvalue weighted by molar-refractivity contribution is -0.146. The summed E-state index contributed by atoms with van der Waals surface area (Å²) in [6.45, 7) is 0. The lowest BCUT2D eigenvalue weighted by atomic mass is 9.82. The van der Waals surface area contributed by atoms with Gasteiger partial charge in [-0.3, -0.25) is 9.59 Å². The number of anilines is 1. The molecule has 20 heavy (non-hydrogen) atoms. The van der Waals surface area contributed by atoms with Crippen LogP contribution in [0, 0.1) is 17.7 Å². The summed E-state index contributed by atoms with van der Waals surface area (Å²) in [5.41, 5.74) is 0.163. The third-order valence-corrected chi connectivity index (χ3v) is 3.61. The minimum atomic E-state index is -0.991. The van der Waals surface area contributed by atoms with E-state index in [4.69, 9.17) is 0 Å². The Kier molecular flexibility index (Phi) is 4.17. The van der Waals surface area contributed by atoms with Crippen LogP contribution in [0.15, 0.2) is 36.4 Å². The molecule has 4 nitrogen and oxygen atoms in total. The third-order valence-electron chi connectivity index (χ3n) is 3.61. The van der Waals surface area contributed by atoms with Gasteiger partial charge in [0.15, 0.2) is 0 Å². The molecule has 0 saturated carbocycles. The van der Waals surface area contributed by atoms with Crippen molar-refractivity contribution in [2.24, 2.45) is 11.8 Å². The summed E-state index contributed by atoms with van der Waals surface area (Å²) in [6.07, 6.45) is 4.27. The number of carboxylic acids is 1. The molecule has 0 fully saturated rings. The van der Waals surface area contributed by atoms with Crippen molar-refractivity contribution in [3.8, 4) is 0 Å². The molecule has 0 radical (unpaired) electrons. The third kappa shape index (κ3) is 2.71. The van der Waals surface area contributed by atoms with Crippen LogP contribution in [0.3, 0.4) is 0 Å². The van der Waals surface area contributed by atoms with Crippen LogP contribution in [-0.2, 0) is 9.59 Å². The summed E-state index contributed by atoms with van der Waals surface area (Å²) >= 11 is 0. The van der Waals surface area contributed by atoms with E-state index in [0.29, 0.717) is 12.8 Å². The van der Waals surface area contributed by atoms with E-state index in [1.54, 1.807) is 24.3 Å². The van der Waals surface area contributed by atoms with E-state index in [1.165, 1.54) is 24.1 Å². The Hall–Kier alpha value is -2.17. The van der Waals surface area contributed by atoms with Crippen LogP contribution in [0.1, 0.15) is 12.8 Å². The zero-order valence-corrected chi connectivity index (χ0v) is 11.1. The Morgan fingerprint density at radius 1 is 1.20 bits per heavy atom. The number of allylic oxidation sites excluding steroid dienone is 2. The molecule has 0 aliphatic heterocycles. The second-order valence-electron chi connectivity index (χ2n) is 4.84. The molecule has 0 bridgehead atoms. The van der Waals surface area contributed by atoms with Gasteiger partial charge in [0.25, 0.3) is 0 Å². The summed E-state index contributed by atoms with van der Waals surface area (Å²) < 4.78 is 13.7. The van der Waals surface area contributed by atoms with E-state index in [2.05, 4.69) is 0 Å². The predicted octanol–water partition coefficient (Wildman–Crippen LogP) is 2.46. The number of carbonyl (C=O) groups is 2. The van der Waals surface area contributed by atoms with Gasteiger partial charge in [-0.1, -0.05) is 24.3 Å². The average molecular weight is 277 g/mol. The summed E-state index contributed by atoms with van der Waals surface area (Å²) in [7, 11) is 1.47. The fraction of sp³-hybridized carbons (Fsp3) is 0.333. The van der Waals surface area contributed by atoms with Crippen LogP contribution < -0.4 is 4.90 Å². The second-order valence-corrected chi connectivity index (χ2v) is 4.84. The molecule has 0 saturated heterocycles. The molecule has 1 aliphatic carbocycles. The van der Waals surface area contributed by atoms with E-state index in [-0.39, 0.29) is 11.6 Å². The number of rotatable bonds is 3. The molecule has 0 heterocycles. The van der Waals surface area contributed by atoms with Gasteiger partial charge in [0.1, 0.15) is 5.82 Å². The quantitative estimate of drug-likeness (QED) is 0.863. The highest BCUT2D eigenvalue weighted by molar-refractivity contribution is 5.97. The monoisotopic (exact) mass is 277 g/mol. The number of para-hydroxylation sites is 1. The molecule has 1 aromatic carbocycles. The van der Waals surface area contributed by atoms with Crippen LogP contribution in [0.4, 0.5) is 10.1 Å². The van der Waals surface area contributed by atoms with Crippen LogP contribution in [0.25, 0.3) is 0 Å². The smallest absolute Gasteiger partial charge is 0.307 e. The second kappa shape index (κ2) is 5.86. The molecular weight excluding hydrogens is 261 g/mol. The van der Waals surface area contributed by atoms with Crippen LogP contribution in [0.5, 0.6) is 0 Å². The first-order chi connectivity index (χ1) is 9.52. The number of aliphatic carboxylic acids is 1. The molecule has 1 N–H and O–H groups in total. The fourth-order valence-electron chi connectivity index (χ4n) is 2.45. The molecular formula is C15H16FNO3. The van der Waals surface area contributed by atoms with Crippen LogP contribution in [0.2, 0.25) is 0 Å². The average Bonchev–Trinajstić information content (AvgIpc) is 2.46. The molecule has 5 heteroatoms. The summed E-state index contributed by atoms with van der Waals surface area (Å²) in [6, 6.07) is 5.95. The Labute approximate surface area is 116 Å². The van der Waals surface area contributed by atoms with Crippen LogP contribution in [-0.4, -0.2) is 24.0 Å². The van der Waals surface area contributed by atoms with Gasteiger partial charge in [-0.05, 0) is 25.0 Å². The molecule has 1 aliphatic rings. The normalized spacial score (nSPS) is 21.5. The van der Waals surface area contributed by atoms with Crippen molar-refractivity contribution in [3.63, 3.8) is 0 Å². The minimum absolute atomic E-state index is 0.163. The highest BCUT2D eigenvalue weighted by Gasteiger charge is 2.36. The topological polar surface area (TPSA) is 57.6 Å². The Morgan fingerprint density at radius 3 is 2.40 bits per heavy atom. The summed E-state index contributed by atoms with van der Waals surface area (Å²) in [5.74, 6) is -3.26. The molecule has 1 aromatic rings. The maximum atomic E-state index is 13.7. The number of amides is 1. The molecule has 0 aromatic heterocycles.